The lowest BCUT2D eigenvalue weighted by Crippen LogP contribution is -2.83. The minimum absolute atomic E-state index is 0.0477. The van der Waals surface area contributed by atoms with Crippen LogP contribution < -0.4 is 15.7 Å². The van der Waals surface area contributed by atoms with E-state index >= 15 is 0 Å². The van der Waals surface area contributed by atoms with Gasteiger partial charge >= 0.3 is 0 Å². The Bertz CT molecular complexity index is 1940. The van der Waals surface area contributed by atoms with E-state index in [1.165, 1.54) is 18.2 Å². The smallest absolute Gasteiger partial charge is 0.229 e. The number of carbonyl (C=O) groups excluding carboxylic acids is 3. The Kier molecular flexibility index (Phi) is 3.79. The first-order chi connectivity index (χ1) is 17.4. The summed E-state index contributed by atoms with van der Waals surface area (Å²) in [6, 6.07) is 13.4. The predicted molar refractivity (Wildman–Crippen MR) is 125 cm³/mol. The molecule has 1 atom stereocenters. The number of fused-ring (bicyclic) bond motifs is 8. The van der Waals surface area contributed by atoms with E-state index in [0.717, 1.165) is 0 Å². The summed E-state index contributed by atoms with van der Waals surface area (Å²) in [5, 5.41) is 33.9. The van der Waals surface area contributed by atoms with Gasteiger partial charge in [-0.1, -0.05) is 48.5 Å². The normalized spacial score (nSPS) is 17.2. The minimum Gasteiger partial charge on any atom is -0.507 e. The highest BCUT2D eigenvalue weighted by atomic mass is 16.3. The van der Waals surface area contributed by atoms with Gasteiger partial charge in [0.2, 0.25) is 11.4 Å². The molecule has 0 aromatic heterocycles. The minimum atomic E-state index is -0.847. The van der Waals surface area contributed by atoms with E-state index in [-0.39, 0.29) is 67.0 Å². The van der Waals surface area contributed by atoms with Crippen molar-refractivity contribution in [3.8, 4) is 17.2 Å². The van der Waals surface area contributed by atoms with E-state index in [1.54, 1.807) is 42.5 Å². The van der Waals surface area contributed by atoms with Crippen molar-refractivity contribution >= 4 is 28.1 Å². The number of phenols is 3. The molecule has 1 aliphatic heterocycles. The molecule has 36 heavy (non-hydrogen) atoms. The summed E-state index contributed by atoms with van der Waals surface area (Å²) in [5.74, 6) is -2.33. The fourth-order valence-corrected chi connectivity index (χ4v) is 5.40. The molecule has 0 saturated carbocycles. The quantitative estimate of drug-likeness (QED) is 0.246. The lowest BCUT2D eigenvalue weighted by atomic mass is 9.82. The van der Waals surface area contributed by atoms with Crippen LogP contribution in [0.2, 0.25) is 0 Å². The monoisotopic (exact) mass is 475 g/mol. The number of benzene rings is 4. The largest absolute Gasteiger partial charge is 0.507 e. The lowest BCUT2D eigenvalue weighted by Gasteiger charge is -2.23. The molecule has 4 N–H and O–H groups in total. The van der Waals surface area contributed by atoms with Gasteiger partial charge in [0.05, 0.1) is 28.3 Å². The summed E-state index contributed by atoms with van der Waals surface area (Å²) in [5.41, 5.74) is 0.507. The zero-order chi connectivity index (χ0) is 24.9. The van der Waals surface area contributed by atoms with E-state index in [2.05, 4.69) is 9.98 Å². The highest BCUT2D eigenvalue weighted by Crippen LogP contribution is 2.45. The van der Waals surface area contributed by atoms with Crippen LogP contribution >= 0.6 is 0 Å². The molecule has 1 unspecified atom stereocenters. The summed E-state index contributed by atoms with van der Waals surface area (Å²) in [4.78, 5) is 47.4. The Morgan fingerprint density at radius 1 is 0.750 bits per heavy atom. The van der Waals surface area contributed by atoms with Gasteiger partial charge in [-0.25, -0.2) is 9.98 Å². The first-order valence-corrected chi connectivity index (χ1v) is 11.2. The summed E-state index contributed by atoms with van der Waals surface area (Å²) >= 11 is 0. The van der Waals surface area contributed by atoms with Crippen molar-refractivity contribution in [2.24, 2.45) is 4.99 Å². The fraction of sp³-hybridized carbons (Fsp3) is 0.0357. The maximum absolute atomic E-state index is 13.4. The van der Waals surface area contributed by atoms with Crippen LogP contribution in [0.4, 0.5) is 0 Å². The molecule has 8 nitrogen and oxygen atoms in total. The van der Waals surface area contributed by atoms with Gasteiger partial charge in [-0.05, 0) is 0 Å². The van der Waals surface area contributed by atoms with Crippen LogP contribution in [0.15, 0.2) is 71.4 Å². The summed E-state index contributed by atoms with van der Waals surface area (Å²) < 4.78 is 0. The molecule has 4 aromatic carbocycles. The van der Waals surface area contributed by atoms with Gasteiger partial charge < -0.3 is 15.3 Å². The number of nitrogens with zero attached hydrogens (tertiary/aromatic N) is 1. The molecule has 8 heteroatoms. The summed E-state index contributed by atoms with van der Waals surface area (Å²) in [6.45, 7) is 0. The molecule has 0 bridgehead atoms. The number of aromatic hydroxyl groups is 3. The van der Waals surface area contributed by atoms with E-state index < -0.39 is 23.4 Å². The van der Waals surface area contributed by atoms with Crippen molar-refractivity contribution in [1.29, 1.82) is 0 Å². The molecular weight excluding hydrogens is 460 g/mol. The molecule has 0 fully saturated rings. The number of phenolic OH excluding ortho intramolecular Hbond substituents is 3. The molecule has 3 aliphatic rings. The van der Waals surface area contributed by atoms with Crippen LogP contribution in [0.3, 0.4) is 0 Å². The highest BCUT2D eigenvalue weighted by Gasteiger charge is 2.41. The van der Waals surface area contributed by atoms with Crippen LogP contribution in [0.1, 0.15) is 53.8 Å². The van der Waals surface area contributed by atoms with E-state index in [1.807, 2.05) is 0 Å². The van der Waals surface area contributed by atoms with Gasteiger partial charge in [-0.2, -0.15) is 0 Å². The number of hydrogen-bond acceptors (Lipinski definition) is 7. The van der Waals surface area contributed by atoms with Crippen LogP contribution in [0.5, 0.6) is 17.2 Å². The van der Waals surface area contributed by atoms with Crippen molar-refractivity contribution in [3.63, 3.8) is 0 Å². The molecule has 0 saturated heterocycles. The van der Waals surface area contributed by atoms with E-state index in [4.69, 9.17) is 0 Å². The van der Waals surface area contributed by atoms with Crippen LogP contribution in [-0.4, -0.2) is 32.7 Å². The first-order valence-electron chi connectivity index (χ1n) is 11.2. The lowest BCUT2D eigenvalue weighted by molar-refractivity contribution is -0.543. The van der Waals surface area contributed by atoms with Crippen molar-refractivity contribution in [3.05, 3.63) is 110 Å². The average Bonchev–Trinajstić information content (AvgIpc) is 2.88. The van der Waals surface area contributed by atoms with E-state index in [9.17, 15) is 29.7 Å². The second-order valence-corrected chi connectivity index (χ2v) is 8.90. The second-order valence-electron chi connectivity index (χ2n) is 8.90. The van der Waals surface area contributed by atoms with Gasteiger partial charge in [0, 0.05) is 28.0 Å². The zero-order valence-electron chi connectivity index (χ0n) is 18.4. The number of rotatable bonds is 0. The predicted octanol–water partition coefficient (Wildman–Crippen LogP) is 0.887. The number of hydrogen-bond donors (Lipinski definition) is 4. The van der Waals surface area contributed by atoms with Crippen LogP contribution in [0.25, 0.3) is 10.8 Å². The highest BCUT2D eigenvalue weighted by molar-refractivity contribution is 6.29. The van der Waals surface area contributed by atoms with E-state index in [0.29, 0.717) is 10.8 Å². The Morgan fingerprint density at radius 2 is 1.36 bits per heavy atom. The van der Waals surface area contributed by atoms with Crippen molar-refractivity contribution in [2.45, 2.75) is 6.04 Å². The Balaban J connectivity index is 1.55. The maximum Gasteiger partial charge on any atom is 0.229 e. The SMILES string of the molecule is O=C1c2ccccc2C(=O)c2c1c(O)cc1c2=NC2=CC(=O)c3c(c(O)c4ccccc4c3O)C2[NH+]=1. The molecular formula is C28H15N2O6+. The van der Waals surface area contributed by atoms with Crippen molar-refractivity contribution in [2.75, 3.05) is 0 Å². The Hall–Kier alpha value is -5.11. The second kappa shape index (κ2) is 6.73. The van der Waals surface area contributed by atoms with Gasteiger partial charge in [-0.15, -0.1) is 0 Å². The molecule has 2 aliphatic carbocycles. The Labute approximate surface area is 201 Å². The first kappa shape index (κ1) is 20.3. The van der Waals surface area contributed by atoms with Gasteiger partial charge in [0.1, 0.15) is 28.3 Å². The topological polar surface area (TPSA) is 138 Å². The number of carbonyl (C=O) groups is 3. The Morgan fingerprint density at radius 3 is 2.06 bits per heavy atom. The van der Waals surface area contributed by atoms with Gasteiger partial charge in [0.25, 0.3) is 0 Å². The zero-order valence-corrected chi connectivity index (χ0v) is 18.4. The third-order valence-electron chi connectivity index (χ3n) is 7.00. The average molecular weight is 475 g/mol. The summed E-state index contributed by atoms with van der Waals surface area (Å²) in [6.07, 6.45) is 1.24. The van der Waals surface area contributed by atoms with Crippen molar-refractivity contribution < 1.29 is 34.7 Å². The fourth-order valence-electron chi connectivity index (χ4n) is 5.40. The molecule has 0 amide bonds. The van der Waals surface area contributed by atoms with Crippen LogP contribution in [0, 0.1) is 0 Å². The third-order valence-corrected chi connectivity index (χ3v) is 7.00. The molecule has 7 rings (SSSR count). The number of nitrogens with one attached hydrogen (secondary N) is 1. The summed E-state index contributed by atoms with van der Waals surface area (Å²) in [7, 11) is 0. The maximum atomic E-state index is 13.4. The molecule has 4 aromatic rings. The molecule has 172 valence electrons. The number of allylic oxidation sites excluding steroid dienone is 1. The molecule has 0 spiro atoms. The van der Waals surface area contributed by atoms with Gasteiger partial charge in [-0.3, -0.25) is 14.4 Å². The van der Waals surface area contributed by atoms with Gasteiger partial charge in [0.15, 0.2) is 17.3 Å². The van der Waals surface area contributed by atoms with Crippen LogP contribution in [-0.2, 0) is 0 Å². The van der Waals surface area contributed by atoms with Crippen molar-refractivity contribution in [1.82, 2.24) is 0 Å². The molecule has 0 radical (unpaired) electrons. The molecule has 1 heterocycles. The third kappa shape index (κ3) is 2.39. The number of ketones is 3. The standard InChI is InChI=1S/C28H14N2O6/c31-17-9-15-23(21-19(17)25(33)11-5-1-3-7-13(11)27(21)35)29-16-10-18(32)20-22(24(16)30-15)28(36)14-8-4-2-6-12(14)26(20)34/h1-10,23,32-33,35H/p+1.